The molecule has 0 spiro atoms. The number of rotatable bonds is 5. The summed E-state index contributed by atoms with van der Waals surface area (Å²) in [5.41, 5.74) is 6.06. The number of carbonyl (C=O) groups excluding carboxylic acids is 2. The van der Waals surface area contributed by atoms with Gasteiger partial charge >= 0.3 is 5.97 Å². The lowest BCUT2D eigenvalue weighted by atomic mass is 9.46. The molecule has 7 nitrogen and oxygen atoms in total. The van der Waals surface area contributed by atoms with Gasteiger partial charge in [0.05, 0.1) is 12.1 Å². The van der Waals surface area contributed by atoms with Crippen LogP contribution in [0.3, 0.4) is 0 Å². The largest absolute Gasteiger partial charge is 0.458 e. The second kappa shape index (κ2) is 7.42. The van der Waals surface area contributed by atoms with Crippen molar-refractivity contribution in [1.82, 2.24) is 9.80 Å². The number of ether oxygens (including phenoxy) is 1. The summed E-state index contributed by atoms with van der Waals surface area (Å²) in [4.78, 5) is 31.0. The van der Waals surface area contributed by atoms with Crippen LogP contribution in [0.4, 0.5) is 0 Å². The molecule has 7 heteroatoms. The van der Waals surface area contributed by atoms with E-state index in [0.29, 0.717) is 30.1 Å². The van der Waals surface area contributed by atoms with Crippen LogP contribution >= 0.6 is 0 Å². The molecule has 0 aromatic rings. The molecule has 7 rings (SSSR count). The van der Waals surface area contributed by atoms with Crippen LogP contribution in [0.1, 0.15) is 71.6 Å². The average Bonchev–Trinajstić information content (AvgIpc) is 3.19. The first-order valence-electron chi connectivity index (χ1n) is 13.2. The maximum absolute atomic E-state index is 13.8. The molecule has 7 fully saturated rings. The topological polar surface area (TPSA) is 99.7 Å². The molecule has 8 atom stereocenters. The van der Waals surface area contributed by atoms with Gasteiger partial charge in [-0.15, -0.1) is 0 Å². The molecular formula is C26H38N4O3. The van der Waals surface area contributed by atoms with Crippen molar-refractivity contribution in [3.05, 3.63) is 0 Å². The van der Waals surface area contributed by atoms with E-state index >= 15 is 0 Å². The SMILES string of the molecule is CC1C2CC(C#N)N(C(=O)C(N)C34CC5CC(CC(OC(=O)C(C)N6CCCC6)(C5)C3)C4)C12. The van der Waals surface area contributed by atoms with Crippen LogP contribution in [0.25, 0.3) is 0 Å². The second-order valence-electron chi connectivity index (χ2n) is 12.5. The van der Waals surface area contributed by atoms with Gasteiger partial charge in [0.15, 0.2) is 0 Å². The zero-order chi connectivity index (χ0) is 23.1. The molecule has 0 radical (unpaired) electrons. The average molecular weight is 455 g/mol. The summed E-state index contributed by atoms with van der Waals surface area (Å²) in [6.07, 6.45) is 8.67. The van der Waals surface area contributed by atoms with E-state index in [1.54, 1.807) is 0 Å². The van der Waals surface area contributed by atoms with E-state index < -0.39 is 11.6 Å². The standard InChI is InChI=1S/C26H38N4O3/c1-15-20-8-19(13-27)30(21(15)20)23(31)22(28)25-9-17-7-18(10-25)12-26(11-17,14-25)33-24(32)16(2)29-5-3-4-6-29/h15-22H,3-12,14,28H2,1-2H3. The monoisotopic (exact) mass is 454 g/mol. The van der Waals surface area contributed by atoms with Gasteiger partial charge < -0.3 is 15.4 Å². The summed E-state index contributed by atoms with van der Waals surface area (Å²) >= 11 is 0. The number of likely N-dealkylation sites (tertiary alicyclic amines) is 2. The van der Waals surface area contributed by atoms with E-state index in [1.807, 2.05) is 11.8 Å². The Bertz CT molecular complexity index is 878. The zero-order valence-corrected chi connectivity index (χ0v) is 20.0. The minimum Gasteiger partial charge on any atom is -0.458 e. The zero-order valence-electron chi connectivity index (χ0n) is 20.0. The first-order valence-corrected chi connectivity index (χ1v) is 13.2. The summed E-state index contributed by atoms with van der Waals surface area (Å²) in [6.45, 7) is 6.08. The number of hydrogen-bond acceptors (Lipinski definition) is 6. The molecule has 5 aliphatic carbocycles. The Morgan fingerprint density at radius 1 is 1.12 bits per heavy atom. The quantitative estimate of drug-likeness (QED) is 0.641. The van der Waals surface area contributed by atoms with Gasteiger partial charge in [-0.05, 0) is 107 Å². The molecule has 0 aromatic carbocycles. The lowest BCUT2D eigenvalue weighted by Crippen LogP contribution is -2.66. The van der Waals surface area contributed by atoms with Gasteiger partial charge in [-0.3, -0.25) is 14.5 Å². The number of nitriles is 1. The molecule has 180 valence electrons. The van der Waals surface area contributed by atoms with Crippen LogP contribution in [-0.2, 0) is 14.3 Å². The van der Waals surface area contributed by atoms with Crippen molar-refractivity contribution in [1.29, 1.82) is 5.26 Å². The third-order valence-corrected chi connectivity index (χ3v) is 10.4. The molecule has 2 saturated heterocycles. The fourth-order valence-corrected chi connectivity index (χ4v) is 9.06. The van der Waals surface area contributed by atoms with Crippen LogP contribution < -0.4 is 5.73 Å². The van der Waals surface area contributed by atoms with Crippen LogP contribution in [0, 0.1) is 40.4 Å². The Labute approximate surface area is 197 Å². The van der Waals surface area contributed by atoms with E-state index in [0.717, 1.165) is 64.5 Å². The van der Waals surface area contributed by atoms with E-state index in [1.165, 1.54) is 0 Å². The van der Waals surface area contributed by atoms with Crippen molar-refractivity contribution < 1.29 is 14.3 Å². The number of amides is 1. The third-order valence-electron chi connectivity index (χ3n) is 10.4. The number of fused-ring (bicyclic) bond motifs is 1. The molecule has 2 heterocycles. The minimum atomic E-state index is -0.611. The summed E-state index contributed by atoms with van der Waals surface area (Å²) in [7, 11) is 0. The van der Waals surface area contributed by atoms with Crippen molar-refractivity contribution in [2.75, 3.05) is 13.1 Å². The van der Waals surface area contributed by atoms with Crippen molar-refractivity contribution >= 4 is 11.9 Å². The molecule has 4 bridgehead atoms. The number of esters is 1. The van der Waals surface area contributed by atoms with Crippen LogP contribution in [0.5, 0.6) is 0 Å². The highest BCUT2D eigenvalue weighted by atomic mass is 16.6. The van der Waals surface area contributed by atoms with Gasteiger partial charge in [0, 0.05) is 6.04 Å². The highest BCUT2D eigenvalue weighted by Crippen LogP contribution is 2.64. The van der Waals surface area contributed by atoms with E-state index in [9.17, 15) is 14.9 Å². The van der Waals surface area contributed by atoms with Crippen LogP contribution in [0.2, 0.25) is 0 Å². The van der Waals surface area contributed by atoms with Crippen molar-refractivity contribution in [2.45, 2.75) is 101 Å². The first-order chi connectivity index (χ1) is 15.8. The highest BCUT2D eigenvalue weighted by molar-refractivity contribution is 5.85. The molecule has 33 heavy (non-hydrogen) atoms. The normalized spacial score (nSPS) is 47.2. The Balaban J connectivity index is 1.22. The minimum absolute atomic E-state index is 0.0349. The Hall–Kier alpha value is -1.65. The predicted molar refractivity (Wildman–Crippen MR) is 121 cm³/mol. The number of nitrogens with two attached hydrogens (primary N) is 1. The van der Waals surface area contributed by atoms with Crippen LogP contribution in [-0.4, -0.2) is 64.5 Å². The van der Waals surface area contributed by atoms with Crippen molar-refractivity contribution in [2.24, 2.45) is 34.8 Å². The fourth-order valence-electron chi connectivity index (χ4n) is 9.06. The lowest BCUT2D eigenvalue weighted by Gasteiger charge is -2.62. The number of hydrogen-bond donors (Lipinski definition) is 1. The highest BCUT2D eigenvalue weighted by Gasteiger charge is 2.65. The summed E-state index contributed by atoms with van der Waals surface area (Å²) < 4.78 is 6.38. The summed E-state index contributed by atoms with van der Waals surface area (Å²) in [5, 5.41) is 9.66. The number of piperidine rings is 1. The van der Waals surface area contributed by atoms with E-state index in [-0.39, 0.29) is 35.4 Å². The summed E-state index contributed by atoms with van der Waals surface area (Å²) in [6, 6.07) is 1.39. The molecule has 1 amide bonds. The maximum Gasteiger partial charge on any atom is 0.323 e. The first kappa shape index (κ1) is 21.9. The third kappa shape index (κ3) is 3.27. The van der Waals surface area contributed by atoms with E-state index in [2.05, 4.69) is 17.9 Å². The smallest absolute Gasteiger partial charge is 0.323 e. The fraction of sp³-hybridized carbons (Fsp3) is 0.885. The van der Waals surface area contributed by atoms with Crippen LogP contribution in [0.15, 0.2) is 0 Å². The molecular weight excluding hydrogens is 416 g/mol. The van der Waals surface area contributed by atoms with Crippen molar-refractivity contribution in [3.8, 4) is 6.07 Å². The predicted octanol–water partition coefficient (Wildman–Crippen LogP) is 2.44. The molecule has 2 aliphatic heterocycles. The molecule has 8 unspecified atom stereocenters. The summed E-state index contributed by atoms with van der Waals surface area (Å²) in [5.74, 6) is 1.73. The van der Waals surface area contributed by atoms with Gasteiger partial charge in [-0.1, -0.05) is 6.92 Å². The van der Waals surface area contributed by atoms with Gasteiger partial charge in [-0.2, -0.15) is 5.26 Å². The Morgan fingerprint density at radius 3 is 2.42 bits per heavy atom. The molecule has 5 saturated carbocycles. The van der Waals surface area contributed by atoms with Gasteiger partial charge in [0.25, 0.3) is 0 Å². The van der Waals surface area contributed by atoms with Gasteiger partial charge in [-0.25, -0.2) is 0 Å². The van der Waals surface area contributed by atoms with E-state index in [4.69, 9.17) is 10.5 Å². The molecule has 7 aliphatic rings. The maximum atomic E-state index is 13.8. The van der Waals surface area contributed by atoms with Gasteiger partial charge in [0.1, 0.15) is 17.7 Å². The van der Waals surface area contributed by atoms with Crippen molar-refractivity contribution in [3.63, 3.8) is 0 Å². The Morgan fingerprint density at radius 2 is 1.79 bits per heavy atom. The molecule has 2 N–H and O–H groups in total. The number of carbonyl (C=O) groups is 2. The second-order valence-corrected chi connectivity index (χ2v) is 12.5. The lowest BCUT2D eigenvalue weighted by molar-refractivity contribution is -0.209. The van der Waals surface area contributed by atoms with Gasteiger partial charge in [0.2, 0.25) is 5.91 Å². The molecule has 0 aromatic heterocycles. The number of nitrogens with zero attached hydrogens (tertiary/aromatic N) is 3. The Kier molecular flexibility index (Phi) is 4.92.